The summed E-state index contributed by atoms with van der Waals surface area (Å²) in [5, 5.41) is 4.14. The topological polar surface area (TPSA) is 21.3 Å². The van der Waals surface area contributed by atoms with E-state index in [0.29, 0.717) is 10.9 Å². The predicted octanol–water partition coefficient (Wildman–Crippen LogP) is 4.44. The van der Waals surface area contributed by atoms with E-state index in [9.17, 15) is 0 Å². The Bertz CT molecular complexity index is 379. The molecule has 0 aromatic heterocycles. The minimum absolute atomic E-state index is 0.195. The van der Waals surface area contributed by atoms with E-state index in [-0.39, 0.29) is 6.10 Å². The van der Waals surface area contributed by atoms with Crippen molar-refractivity contribution in [2.24, 2.45) is 5.92 Å². The zero-order valence-electron chi connectivity index (χ0n) is 12.5. The molecule has 108 valence electrons. The molecule has 0 heterocycles. The number of hydrogen-bond acceptors (Lipinski definition) is 2. The summed E-state index contributed by atoms with van der Waals surface area (Å²) in [4.78, 5) is 0. The molecule has 3 heteroatoms. The molecule has 1 aromatic carbocycles. The standard InChI is InChI=1S/C16H26ClNO/c1-12(2)11-18-9-5-6-14(4)19-16-8-7-13(3)10-15(16)17/h7-8,10,12,14,18H,5-6,9,11H2,1-4H3. The maximum Gasteiger partial charge on any atom is 0.138 e. The zero-order chi connectivity index (χ0) is 14.3. The molecule has 0 saturated carbocycles. The van der Waals surface area contributed by atoms with Crippen LogP contribution in [0.1, 0.15) is 39.2 Å². The Morgan fingerprint density at radius 3 is 2.63 bits per heavy atom. The minimum Gasteiger partial charge on any atom is -0.489 e. The Morgan fingerprint density at radius 1 is 1.26 bits per heavy atom. The van der Waals surface area contributed by atoms with Gasteiger partial charge in [0.05, 0.1) is 11.1 Å². The van der Waals surface area contributed by atoms with Crippen LogP contribution in [0.3, 0.4) is 0 Å². The van der Waals surface area contributed by atoms with Crippen LogP contribution in [0.4, 0.5) is 0 Å². The molecule has 1 atom stereocenters. The lowest BCUT2D eigenvalue weighted by Crippen LogP contribution is -2.22. The number of aryl methyl sites for hydroxylation is 1. The number of hydrogen-bond donors (Lipinski definition) is 1. The van der Waals surface area contributed by atoms with Crippen molar-refractivity contribution in [3.05, 3.63) is 28.8 Å². The average Bonchev–Trinajstić information content (AvgIpc) is 2.32. The molecule has 19 heavy (non-hydrogen) atoms. The summed E-state index contributed by atoms with van der Waals surface area (Å²) in [6, 6.07) is 5.91. The number of ether oxygens (including phenoxy) is 1. The third kappa shape index (κ3) is 6.84. The van der Waals surface area contributed by atoms with Crippen LogP contribution in [0, 0.1) is 12.8 Å². The predicted molar refractivity (Wildman–Crippen MR) is 83.2 cm³/mol. The Balaban J connectivity index is 2.25. The summed E-state index contributed by atoms with van der Waals surface area (Å²) < 4.78 is 5.87. The summed E-state index contributed by atoms with van der Waals surface area (Å²) in [6.07, 6.45) is 2.35. The lowest BCUT2D eigenvalue weighted by atomic mass is 10.2. The van der Waals surface area contributed by atoms with Crippen LogP contribution in [0.2, 0.25) is 5.02 Å². The summed E-state index contributed by atoms with van der Waals surface area (Å²) in [7, 11) is 0. The van der Waals surface area contributed by atoms with E-state index >= 15 is 0 Å². The van der Waals surface area contributed by atoms with Crippen molar-refractivity contribution in [2.45, 2.75) is 46.6 Å². The van der Waals surface area contributed by atoms with Crippen molar-refractivity contribution in [1.82, 2.24) is 5.32 Å². The third-order valence-corrected chi connectivity index (χ3v) is 3.23. The fourth-order valence-electron chi connectivity index (χ4n) is 1.88. The van der Waals surface area contributed by atoms with Gasteiger partial charge in [0.25, 0.3) is 0 Å². The van der Waals surface area contributed by atoms with Crippen molar-refractivity contribution >= 4 is 11.6 Å². The first-order chi connectivity index (χ1) is 8.99. The molecule has 0 bridgehead atoms. The molecule has 1 aromatic rings. The lowest BCUT2D eigenvalue weighted by molar-refractivity contribution is 0.207. The summed E-state index contributed by atoms with van der Waals surface area (Å²) in [5.41, 5.74) is 1.16. The number of halogens is 1. The summed E-state index contributed by atoms with van der Waals surface area (Å²) >= 11 is 6.15. The van der Waals surface area contributed by atoms with Crippen molar-refractivity contribution in [3.63, 3.8) is 0 Å². The minimum atomic E-state index is 0.195. The highest BCUT2D eigenvalue weighted by Crippen LogP contribution is 2.26. The van der Waals surface area contributed by atoms with Gasteiger partial charge in [-0.25, -0.2) is 0 Å². The van der Waals surface area contributed by atoms with Gasteiger partial charge in [-0.2, -0.15) is 0 Å². The van der Waals surface area contributed by atoms with E-state index in [1.54, 1.807) is 0 Å². The first kappa shape index (κ1) is 16.3. The number of benzene rings is 1. The van der Waals surface area contributed by atoms with Gasteiger partial charge in [-0.3, -0.25) is 0 Å². The molecule has 0 spiro atoms. The molecular formula is C16H26ClNO. The normalized spacial score (nSPS) is 12.7. The second-order valence-electron chi connectivity index (χ2n) is 5.60. The van der Waals surface area contributed by atoms with Crippen molar-refractivity contribution in [2.75, 3.05) is 13.1 Å². The molecule has 1 unspecified atom stereocenters. The fourth-order valence-corrected chi connectivity index (χ4v) is 2.16. The van der Waals surface area contributed by atoms with Gasteiger partial charge in [-0.1, -0.05) is 31.5 Å². The van der Waals surface area contributed by atoms with Gasteiger partial charge in [0.15, 0.2) is 0 Å². The van der Waals surface area contributed by atoms with E-state index in [1.807, 2.05) is 25.1 Å². The van der Waals surface area contributed by atoms with E-state index in [2.05, 4.69) is 26.1 Å². The van der Waals surface area contributed by atoms with E-state index in [1.165, 1.54) is 0 Å². The van der Waals surface area contributed by atoms with Crippen LogP contribution < -0.4 is 10.1 Å². The van der Waals surface area contributed by atoms with Gasteiger partial charge in [-0.05, 0) is 63.4 Å². The first-order valence-corrected chi connectivity index (χ1v) is 7.50. The highest BCUT2D eigenvalue weighted by atomic mass is 35.5. The maximum atomic E-state index is 6.15. The monoisotopic (exact) mass is 283 g/mol. The molecule has 0 saturated heterocycles. The maximum absolute atomic E-state index is 6.15. The van der Waals surface area contributed by atoms with E-state index in [4.69, 9.17) is 16.3 Å². The SMILES string of the molecule is Cc1ccc(OC(C)CCCNCC(C)C)c(Cl)c1. The fraction of sp³-hybridized carbons (Fsp3) is 0.625. The summed E-state index contributed by atoms with van der Waals surface area (Å²) in [5.74, 6) is 1.50. The van der Waals surface area contributed by atoms with Gasteiger partial charge < -0.3 is 10.1 Å². The number of nitrogens with one attached hydrogen (secondary N) is 1. The van der Waals surface area contributed by atoms with Gasteiger partial charge >= 0.3 is 0 Å². The molecule has 1 rings (SSSR count). The zero-order valence-corrected chi connectivity index (χ0v) is 13.3. The smallest absolute Gasteiger partial charge is 0.138 e. The van der Waals surface area contributed by atoms with Crippen molar-refractivity contribution in [1.29, 1.82) is 0 Å². The average molecular weight is 284 g/mol. The van der Waals surface area contributed by atoms with Crippen molar-refractivity contribution in [3.8, 4) is 5.75 Å². The van der Waals surface area contributed by atoms with Crippen LogP contribution in [-0.2, 0) is 0 Å². The molecule has 2 nitrogen and oxygen atoms in total. The third-order valence-electron chi connectivity index (χ3n) is 2.93. The molecule has 0 fully saturated rings. The molecule has 0 aliphatic heterocycles. The Labute approximate surface area is 122 Å². The molecular weight excluding hydrogens is 258 g/mol. The highest BCUT2D eigenvalue weighted by molar-refractivity contribution is 6.32. The van der Waals surface area contributed by atoms with Gasteiger partial charge in [-0.15, -0.1) is 0 Å². The molecule has 0 amide bonds. The quantitative estimate of drug-likeness (QED) is 0.712. The molecule has 0 radical (unpaired) electrons. The number of rotatable bonds is 8. The molecule has 0 aliphatic carbocycles. The Morgan fingerprint density at radius 2 is 2.00 bits per heavy atom. The second kappa shape index (κ2) is 8.44. The van der Waals surface area contributed by atoms with Crippen LogP contribution in [0.25, 0.3) is 0 Å². The van der Waals surface area contributed by atoms with Crippen LogP contribution >= 0.6 is 11.6 Å². The van der Waals surface area contributed by atoms with Crippen LogP contribution in [0.15, 0.2) is 18.2 Å². The highest BCUT2D eigenvalue weighted by Gasteiger charge is 2.07. The second-order valence-corrected chi connectivity index (χ2v) is 6.01. The van der Waals surface area contributed by atoms with Crippen LogP contribution in [0.5, 0.6) is 5.75 Å². The summed E-state index contributed by atoms with van der Waals surface area (Å²) in [6.45, 7) is 10.7. The van der Waals surface area contributed by atoms with Gasteiger partial charge in [0, 0.05) is 0 Å². The Kier molecular flexibility index (Phi) is 7.25. The molecule has 0 aliphatic rings. The Hall–Kier alpha value is -0.730. The van der Waals surface area contributed by atoms with Gasteiger partial charge in [0.1, 0.15) is 5.75 Å². The largest absolute Gasteiger partial charge is 0.489 e. The van der Waals surface area contributed by atoms with Crippen LogP contribution in [-0.4, -0.2) is 19.2 Å². The first-order valence-electron chi connectivity index (χ1n) is 7.12. The lowest BCUT2D eigenvalue weighted by Gasteiger charge is -2.16. The van der Waals surface area contributed by atoms with E-state index in [0.717, 1.165) is 37.2 Å². The van der Waals surface area contributed by atoms with E-state index < -0.39 is 0 Å². The van der Waals surface area contributed by atoms with Crippen molar-refractivity contribution < 1.29 is 4.74 Å². The molecule has 1 N–H and O–H groups in total. The van der Waals surface area contributed by atoms with Gasteiger partial charge in [0.2, 0.25) is 0 Å².